The lowest BCUT2D eigenvalue weighted by atomic mass is 10.1. The van der Waals surface area contributed by atoms with Crippen molar-refractivity contribution in [3.05, 3.63) is 23.5 Å². The topological polar surface area (TPSA) is 84.6 Å². The third-order valence-corrected chi connectivity index (χ3v) is 1.67. The van der Waals surface area contributed by atoms with Crippen LogP contribution in [0.4, 0.5) is 0 Å². The van der Waals surface area contributed by atoms with E-state index in [2.05, 4.69) is 11.6 Å². The molecular formula is C9H17N3O. The molecule has 0 atom stereocenters. The van der Waals surface area contributed by atoms with Crippen LogP contribution in [0.25, 0.3) is 0 Å². The summed E-state index contributed by atoms with van der Waals surface area (Å²) in [5, 5.41) is 8.77. The van der Waals surface area contributed by atoms with Crippen molar-refractivity contribution >= 4 is 6.34 Å². The fourth-order valence-electron chi connectivity index (χ4n) is 1.11. The zero-order valence-corrected chi connectivity index (χ0v) is 7.95. The van der Waals surface area contributed by atoms with Crippen LogP contribution in [0.2, 0.25) is 0 Å². The summed E-state index contributed by atoms with van der Waals surface area (Å²) in [6.07, 6.45) is 2.39. The molecule has 0 saturated carbocycles. The summed E-state index contributed by atoms with van der Waals surface area (Å²) in [7, 11) is 0. The normalized spacial score (nSPS) is 13.1. The molecule has 0 spiro atoms. The zero-order chi connectivity index (χ0) is 10.3. The van der Waals surface area contributed by atoms with Crippen LogP contribution >= 0.6 is 0 Å². The standard InChI is InChI=1S/C9H17N3O/c1-3-8(7(2)11)9(4-5-13)12-6-10/h6,13H,2-5,11H2,1H3,(H2,10,12)/b9-8-. The van der Waals surface area contributed by atoms with E-state index in [4.69, 9.17) is 16.6 Å². The highest BCUT2D eigenvalue weighted by molar-refractivity contribution is 5.54. The molecule has 0 bridgehead atoms. The molecule has 5 N–H and O–H groups in total. The summed E-state index contributed by atoms with van der Waals surface area (Å²) in [6.45, 7) is 5.62. The Morgan fingerprint density at radius 3 is 2.54 bits per heavy atom. The smallest absolute Gasteiger partial charge is 0.0856 e. The maximum Gasteiger partial charge on any atom is 0.0856 e. The summed E-state index contributed by atoms with van der Waals surface area (Å²) < 4.78 is 0. The van der Waals surface area contributed by atoms with Crippen LogP contribution in [0.3, 0.4) is 0 Å². The van der Waals surface area contributed by atoms with Crippen LogP contribution in [0.5, 0.6) is 0 Å². The van der Waals surface area contributed by atoms with Crippen LogP contribution in [0.1, 0.15) is 19.8 Å². The van der Waals surface area contributed by atoms with Gasteiger partial charge in [0.2, 0.25) is 0 Å². The number of aliphatic hydroxyl groups is 1. The van der Waals surface area contributed by atoms with Gasteiger partial charge in [0.1, 0.15) is 0 Å². The lowest BCUT2D eigenvalue weighted by Crippen LogP contribution is -2.04. The van der Waals surface area contributed by atoms with Gasteiger partial charge < -0.3 is 16.6 Å². The second kappa shape index (κ2) is 6.25. The van der Waals surface area contributed by atoms with E-state index < -0.39 is 0 Å². The van der Waals surface area contributed by atoms with Crippen LogP contribution in [-0.2, 0) is 0 Å². The molecule has 0 aliphatic heterocycles. The Bertz CT molecular complexity index is 231. The third kappa shape index (κ3) is 3.75. The van der Waals surface area contributed by atoms with Crippen molar-refractivity contribution in [1.29, 1.82) is 0 Å². The summed E-state index contributed by atoms with van der Waals surface area (Å²) in [5.74, 6) is 0. The van der Waals surface area contributed by atoms with Crippen molar-refractivity contribution in [2.75, 3.05) is 6.61 Å². The molecule has 0 saturated heterocycles. The van der Waals surface area contributed by atoms with Crippen molar-refractivity contribution in [2.24, 2.45) is 16.5 Å². The van der Waals surface area contributed by atoms with Crippen LogP contribution < -0.4 is 11.5 Å². The third-order valence-electron chi connectivity index (χ3n) is 1.67. The first-order valence-corrected chi connectivity index (χ1v) is 4.19. The summed E-state index contributed by atoms with van der Waals surface area (Å²) in [6, 6.07) is 0. The Morgan fingerprint density at radius 2 is 2.23 bits per heavy atom. The van der Waals surface area contributed by atoms with Crippen LogP contribution in [-0.4, -0.2) is 18.1 Å². The molecule has 4 heteroatoms. The summed E-state index contributed by atoms with van der Waals surface area (Å²) in [5.41, 5.74) is 12.8. The van der Waals surface area contributed by atoms with Crippen LogP contribution in [0, 0.1) is 0 Å². The molecular weight excluding hydrogens is 166 g/mol. The number of allylic oxidation sites excluding steroid dienone is 1. The quantitative estimate of drug-likeness (QED) is 0.329. The van der Waals surface area contributed by atoms with Crippen molar-refractivity contribution < 1.29 is 5.11 Å². The number of aliphatic hydroxyl groups excluding tert-OH is 1. The minimum atomic E-state index is 0.0312. The monoisotopic (exact) mass is 183 g/mol. The van der Waals surface area contributed by atoms with E-state index in [1.165, 1.54) is 6.34 Å². The molecule has 4 nitrogen and oxygen atoms in total. The molecule has 0 heterocycles. The summed E-state index contributed by atoms with van der Waals surface area (Å²) in [4.78, 5) is 3.94. The van der Waals surface area contributed by atoms with Gasteiger partial charge in [0.15, 0.2) is 0 Å². The Kier molecular flexibility index (Phi) is 5.63. The van der Waals surface area contributed by atoms with Gasteiger partial charge in [-0.2, -0.15) is 0 Å². The highest BCUT2D eigenvalue weighted by atomic mass is 16.3. The number of nitrogens with two attached hydrogens (primary N) is 2. The first kappa shape index (κ1) is 11.7. The molecule has 0 aromatic carbocycles. The van der Waals surface area contributed by atoms with Crippen molar-refractivity contribution in [1.82, 2.24) is 0 Å². The molecule has 0 aromatic heterocycles. The molecule has 0 fully saturated rings. The molecule has 0 amide bonds. The summed E-state index contributed by atoms with van der Waals surface area (Å²) >= 11 is 0. The van der Waals surface area contributed by atoms with E-state index in [0.29, 0.717) is 17.8 Å². The Balaban J connectivity index is 4.87. The fourth-order valence-corrected chi connectivity index (χ4v) is 1.11. The van der Waals surface area contributed by atoms with Gasteiger partial charge in [0.25, 0.3) is 0 Å². The highest BCUT2D eigenvalue weighted by Gasteiger charge is 2.04. The minimum absolute atomic E-state index is 0.0312. The molecule has 0 unspecified atom stereocenters. The number of nitrogens with zero attached hydrogens (tertiary/aromatic N) is 1. The average Bonchev–Trinajstić information content (AvgIpc) is 2.05. The number of rotatable bonds is 5. The predicted molar refractivity (Wildman–Crippen MR) is 55.0 cm³/mol. The first-order chi connectivity index (χ1) is 6.17. The SMILES string of the molecule is C=C(N)/C(CC)=C(/CCO)N=CN. The van der Waals surface area contributed by atoms with Crippen molar-refractivity contribution in [3.63, 3.8) is 0 Å². The molecule has 0 aromatic rings. The maximum absolute atomic E-state index is 8.77. The van der Waals surface area contributed by atoms with E-state index in [9.17, 15) is 0 Å². The number of hydrogen-bond donors (Lipinski definition) is 3. The van der Waals surface area contributed by atoms with E-state index in [1.54, 1.807) is 0 Å². The minimum Gasteiger partial charge on any atom is -0.399 e. The molecule has 0 aliphatic carbocycles. The fraction of sp³-hybridized carbons (Fsp3) is 0.444. The highest BCUT2D eigenvalue weighted by Crippen LogP contribution is 2.17. The Morgan fingerprint density at radius 1 is 1.62 bits per heavy atom. The molecule has 0 aliphatic rings. The second-order valence-corrected chi connectivity index (χ2v) is 2.56. The molecule has 0 rings (SSSR count). The Labute approximate surface area is 78.6 Å². The average molecular weight is 183 g/mol. The predicted octanol–water partition coefficient (Wildman–Crippen LogP) is 0.492. The van der Waals surface area contributed by atoms with Gasteiger partial charge in [0.05, 0.1) is 6.34 Å². The van der Waals surface area contributed by atoms with Gasteiger partial charge in [0, 0.05) is 24.4 Å². The van der Waals surface area contributed by atoms with Gasteiger partial charge in [-0.3, -0.25) is 0 Å². The number of hydrogen-bond acceptors (Lipinski definition) is 3. The molecule has 13 heavy (non-hydrogen) atoms. The van der Waals surface area contributed by atoms with E-state index in [1.807, 2.05) is 6.92 Å². The number of aliphatic imine (C=N–C) groups is 1. The maximum atomic E-state index is 8.77. The van der Waals surface area contributed by atoms with Gasteiger partial charge in [-0.1, -0.05) is 13.5 Å². The first-order valence-electron chi connectivity index (χ1n) is 4.19. The Hall–Kier alpha value is -1.29. The zero-order valence-electron chi connectivity index (χ0n) is 7.95. The second-order valence-electron chi connectivity index (χ2n) is 2.56. The van der Waals surface area contributed by atoms with Gasteiger partial charge in [-0.05, 0) is 12.0 Å². The lowest BCUT2D eigenvalue weighted by molar-refractivity contribution is 0.298. The van der Waals surface area contributed by atoms with Gasteiger partial charge in [-0.15, -0.1) is 0 Å². The lowest BCUT2D eigenvalue weighted by Gasteiger charge is -2.08. The van der Waals surface area contributed by atoms with Crippen molar-refractivity contribution in [3.8, 4) is 0 Å². The molecule has 0 radical (unpaired) electrons. The van der Waals surface area contributed by atoms with Crippen molar-refractivity contribution in [2.45, 2.75) is 19.8 Å². The van der Waals surface area contributed by atoms with E-state index >= 15 is 0 Å². The van der Waals surface area contributed by atoms with E-state index in [-0.39, 0.29) is 6.61 Å². The van der Waals surface area contributed by atoms with E-state index in [0.717, 1.165) is 12.0 Å². The largest absolute Gasteiger partial charge is 0.399 e. The molecule has 74 valence electrons. The van der Waals surface area contributed by atoms with Gasteiger partial charge in [-0.25, -0.2) is 4.99 Å². The van der Waals surface area contributed by atoms with Crippen LogP contribution in [0.15, 0.2) is 28.5 Å². The van der Waals surface area contributed by atoms with Gasteiger partial charge >= 0.3 is 0 Å².